The summed E-state index contributed by atoms with van der Waals surface area (Å²) in [6.07, 6.45) is 3.97. The lowest BCUT2D eigenvalue weighted by Gasteiger charge is -2.27. The van der Waals surface area contributed by atoms with Crippen LogP contribution in [0.1, 0.15) is 19.3 Å². The van der Waals surface area contributed by atoms with Gasteiger partial charge in [0.25, 0.3) is 0 Å². The third kappa shape index (κ3) is 2.76. The van der Waals surface area contributed by atoms with E-state index in [2.05, 4.69) is 54.2 Å². The molecule has 88 valence electrons. The van der Waals surface area contributed by atoms with E-state index in [1.807, 2.05) is 0 Å². The maximum Gasteiger partial charge on any atom is 0.0368 e. The number of para-hydroxylation sites is 1. The SMILES string of the molecule is CN(C)CC[C@@H]1CCCN1c1ccccc1. The van der Waals surface area contributed by atoms with Crippen LogP contribution in [0.25, 0.3) is 0 Å². The van der Waals surface area contributed by atoms with E-state index in [0.29, 0.717) is 0 Å². The van der Waals surface area contributed by atoms with Gasteiger partial charge in [0.2, 0.25) is 0 Å². The Morgan fingerprint density at radius 2 is 2.00 bits per heavy atom. The maximum atomic E-state index is 2.57. The molecule has 0 N–H and O–H groups in total. The Hall–Kier alpha value is -1.02. The molecule has 1 aliphatic rings. The van der Waals surface area contributed by atoms with Crippen LogP contribution >= 0.6 is 0 Å². The van der Waals surface area contributed by atoms with Crippen LogP contribution in [0.4, 0.5) is 5.69 Å². The van der Waals surface area contributed by atoms with E-state index >= 15 is 0 Å². The molecule has 0 radical (unpaired) electrons. The van der Waals surface area contributed by atoms with E-state index in [0.717, 1.165) is 6.04 Å². The molecule has 0 aliphatic carbocycles. The molecule has 0 unspecified atom stereocenters. The van der Waals surface area contributed by atoms with E-state index in [9.17, 15) is 0 Å². The summed E-state index contributed by atoms with van der Waals surface area (Å²) in [5.74, 6) is 0. The molecule has 2 nitrogen and oxygen atoms in total. The third-order valence-electron chi connectivity index (χ3n) is 3.37. The number of rotatable bonds is 4. The fraction of sp³-hybridized carbons (Fsp3) is 0.571. The van der Waals surface area contributed by atoms with Crippen LogP contribution in [0.15, 0.2) is 30.3 Å². The van der Waals surface area contributed by atoms with Gasteiger partial charge in [0.05, 0.1) is 0 Å². The minimum atomic E-state index is 0.741. The molecule has 1 fully saturated rings. The Morgan fingerprint density at radius 3 is 2.69 bits per heavy atom. The highest BCUT2D eigenvalue weighted by Gasteiger charge is 2.24. The Labute approximate surface area is 98.9 Å². The second-order valence-electron chi connectivity index (χ2n) is 4.92. The molecule has 16 heavy (non-hydrogen) atoms. The minimum Gasteiger partial charge on any atom is -0.368 e. The Balaban J connectivity index is 1.98. The minimum absolute atomic E-state index is 0.741. The van der Waals surface area contributed by atoms with Crippen molar-refractivity contribution in [3.63, 3.8) is 0 Å². The highest BCUT2D eigenvalue weighted by Crippen LogP contribution is 2.26. The zero-order valence-corrected chi connectivity index (χ0v) is 10.4. The lowest BCUT2D eigenvalue weighted by molar-refractivity contribution is 0.380. The molecule has 0 amide bonds. The third-order valence-corrected chi connectivity index (χ3v) is 3.37. The Kier molecular flexibility index (Phi) is 3.83. The molecule has 2 heteroatoms. The quantitative estimate of drug-likeness (QED) is 0.766. The Morgan fingerprint density at radius 1 is 1.25 bits per heavy atom. The van der Waals surface area contributed by atoms with Gasteiger partial charge in [-0.15, -0.1) is 0 Å². The summed E-state index contributed by atoms with van der Waals surface area (Å²) >= 11 is 0. The van der Waals surface area contributed by atoms with Crippen LogP contribution in [-0.4, -0.2) is 38.1 Å². The number of benzene rings is 1. The summed E-state index contributed by atoms with van der Waals surface area (Å²) in [6.45, 7) is 2.41. The van der Waals surface area contributed by atoms with Crippen molar-refractivity contribution in [2.24, 2.45) is 0 Å². The molecule has 1 aromatic rings. The van der Waals surface area contributed by atoms with Crippen molar-refractivity contribution in [3.8, 4) is 0 Å². The summed E-state index contributed by atoms with van der Waals surface area (Å²) in [6, 6.07) is 11.6. The number of hydrogen-bond acceptors (Lipinski definition) is 2. The molecule has 2 rings (SSSR count). The first-order chi connectivity index (χ1) is 7.77. The van der Waals surface area contributed by atoms with Gasteiger partial charge in [-0.25, -0.2) is 0 Å². The summed E-state index contributed by atoms with van der Waals surface area (Å²) in [5.41, 5.74) is 1.39. The highest BCUT2D eigenvalue weighted by molar-refractivity contribution is 5.47. The van der Waals surface area contributed by atoms with Gasteiger partial charge in [-0.2, -0.15) is 0 Å². The molecule has 0 bridgehead atoms. The first-order valence-corrected chi connectivity index (χ1v) is 6.24. The van der Waals surface area contributed by atoms with Gasteiger partial charge in [0.1, 0.15) is 0 Å². The van der Waals surface area contributed by atoms with Crippen molar-refractivity contribution in [2.75, 3.05) is 32.1 Å². The maximum absolute atomic E-state index is 2.57. The topological polar surface area (TPSA) is 6.48 Å². The summed E-state index contributed by atoms with van der Waals surface area (Å²) in [4.78, 5) is 4.85. The number of nitrogens with zero attached hydrogens (tertiary/aromatic N) is 2. The molecule has 0 spiro atoms. The zero-order chi connectivity index (χ0) is 11.4. The van der Waals surface area contributed by atoms with Crippen molar-refractivity contribution >= 4 is 5.69 Å². The highest BCUT2D eigenvalue weighted by atomic mass is 15.2. The van der Waals surface area contributed by atoms with E-state index in [4.69, 9.17) is 0 Å². The second-order valence-corrected chi connectivity index (χ2v) is 4.92. The van der Waals surface area contributed by atoms with Crippen LogP contribution in [-0.2, 0) is 0 Å². The Bertz CT molecular complexity index is 308. The van der Waals surface area contributed by atoms with Gasteiger partial charge in [0.15, 0.2) is 0 Å². The van der Waals surface area contributed by atoms with Crippen molar-refractivity contribution in [2.45, 2.75) is 25.3 Å². The van der Waals surface area contributed by atoms with Crippen molar-refractivity contribution in [1.82, 2.24) is 4.90 Å². The standard InChI is InChI=1S/C14H22N2/c1-15(2)12-10-14-9-6-11-16(14)13-7-4-3-5-8-13/h3-5,7-8,14H,6,9-12H2,1-2H3/t14-/m0/s1. The lowest BCUT2D eigenvalue weighted by Crippen LogP contribution is -2.32. The summed E-state index contributed by atoms with van der Waals surface area (Å²) < 4.78 is 0. The van der Waals surface area contributed by atoms with Gasteiger partial charge in [-0.05, 0) is 52.0 Å². The van der Waals surface area contributed by atoms with Crippen LogP contribution in [0, 0.1) is 0 Å². The van der Waals surface area contributed by atoms with Crippen molar-refractivity contribution in [1.29, 1.82) is 0 Å². The van der Waals surface area contributed by atoms with Gasteiger partial charge < -0.3 is 9.80 Å². The molecule has 1 saturated heterocycles. The normalized spacial score (nSPS) is 20.7. The predicted octanol–water partition coefficient (Wildman–Crippen LogP) is 2.61. The number of hydrogen-bond donors (Lipinski definition) is 0. The fourth-order valence-corrected chi connectivity index (χ4v) is 2.50. The largest absolute Gasteiger partial charge is 0.368 e. The van der Waals surface area contributed by atoms with E-state index in [-0.39, 0.29) is 0 Å². The fourth-order valence-electron chi connectivity index (χ4n) is 2.50. The molecular formula is C14H22N2. The monoisotopic (exact) mass is 218 g/mol. The summed E-state index contributed by atoms with van der Waals surface area (Å²) in [5, 5.41) is 0. The van der Waals surface area contributed by atoms with Gasteiger partial charge in [-0.3, -0.25) is 0 Å². The first kappa shape index (κ1) is 11.5. The van der Waals surface area contributed by atoms with Gasteiger partial charge >= 0.3 is 0 Å². The molecule has 1 heterocycles. The number of anilines is 1. The zero-order valence-electron chi connectivity index (χ0n) is 10.4. The van der Waals surface area contributed by atoms with Crippen LogP contribution in [0.3, 0.4) is 0 Å². The van der Waals surface area contributed by atoms with Crippen LogP contribution < -0.4 is 4.90 Å². The molecule has 1 atom stereocenters. The molecule has 1 aromatic carbocycles. The van der Waals surface area contributed by atoms with Crippen molar-refractivity contribution in [3.05, 3.63) is 30.3 Å². The van der Waals surface area contributed by atoms with E-state index in [1.54, 1.807) is 0 Å². The van der Waals surface area contributed by atoms with Gasteiger partial charge in [0, 0.05) is 18.3 Å². The first-order valence-electron chi connectivity index (χ1n) is 6.24. The molecule has 0 saturated carbocycles. The average molecular weight is 218 g/mol. The van der Waals surface area contributed by atoms with Crippen molar-refractivity contribution < 1.29 is 0 Å². The van der Waals surface area contributed by atoms with E-state index < -0.39 is 0 Å². The second kappa shape index (κ2) is 5.35. The van der Waals surface area contributed by atoms with Gasteiger partial charge in [-0.1, -0.05) is 18.2 Å². The van der Waals surface area contributed by atoms with E-state index in [1.165, 1.54) is 38.0 Å². The molecule has 0 aromatic heterocycles. The van der Waals surface area contributed by atoms with Crippen LogP contribution in [0.2, 0.25) is 0 Å². The molecular weight excluding hydrogens is 196 g/mol. The predicted molar refractivity (Wildman–Crippen MR) is 70.0 cm³/mol. The summed E-state index contributed by atoms with van der Waals surface area (Å²) in [7, 11) is 4.31. The molecule has 1 aliphatic heterocycles. The van der Waals surface area contributed by atoms with Crippen LogP contribution in [0.5, 0.6) is 0 Å². The lowest BCUT2D eigenvalue weighted by atomic mass is 10.1. The average Bonchev–Trinajstić information content (AvgIpc) is 2.75. The smallest absolute Gasteiger partial charge is 0.0368 e.